The standard InChI is InChI=1S/C14H20BrFN2/c1-2-6-18-7-5-10(9-17)14(18)12-8-11(15)3-4-13(12)16/h3-4,8,10,14H,2,5-7,9,17H2,1H3. The normalized spacial score (nSPS) is 24.7. The van der Waals surface area contributed by atoms with E-state index in [4.69, 9.17) is 5.73 Å². The van der Waals surface area contributed by atoms with Crippen LogP contribution in [0.5, 0.6) is 0 Å². The predicted octanol–water partition coefficient (Wildman–Crippen LogP) is 3.32. The quantitative estimate of drug-likeness (QED) is 0.923. The molecule has 18 heavy (non-hydrogen) atoms. The molecule has 0 radical (unpaired) electrons. The zero-order valence-electron chi connectivity index (χ0n) is 10.7. The molecular formula is C14H20BrFN2. The Hall–Kier alpha value is -0.450. The number of nitrogens with zero attached hydrogens (tertiary/aromatic N) is 1. The van der Waals surface area contributed by atoms with Gasteiger partial charge < -0.3 is 5.73 Å². The molecule has 1 saturated heterocycles. The van der Waals surface area contributed by atoms with Crippen molar-refractivity contribution < 1.29 is 4.39 Å². The number of rotatable bonds is 4. The van der Waals surface area contributed by atoms with E-state index in [1.807, 2.05) is 6.07 Å². The molecule has 4 heteroatoms. The lowest BCUT2D eigenvalue weighted by Gasteiger charge is -2.28. The highest BCUT2D eigenvalue weighted by molar-refractivity contribution is 9.10. The molecular weight excluding hydrogens is 295 g/mol. The average molecular weight is 315 g/mol. The maximum absolute atomic E-state index is 14.1. The largest absolute Gasteiger partial charge is 0.330 e. The summed E-state index contributed by atoms with van der Waals surface area (Å²) in [6.07, 6.45) is 2.15. The van der Waals surface area contributed by atoms with Crippen LogP contribution in [0.25, 0.3) is 0 Å². The second-order valence-electron chi connectivity index (χ2n) is 4.93. The Bertz CT molecular complexity index is 411. The molecule has 1 aromatic carbocycles. The molecule has 0 saturated carbocycles. The lowest BCUT2D eigenvalue weighted by atomic mass is 9.93. The summed E-state index contributed by atoms with van der Waals surface area (Å²) in [6, 6.07) is 5.31. The van der Waals surface area contributed by atoms with Crippen LogP contribution in [0.3, 0.4) is 0 Å². The number of nitrogens with two attached hydrogens (primary N) is 1. The van der Waals surface area contributed by atoms with Crippen LogP contribution in [-0.2, 0) is 0 Å². The maximum atomic E-state index is 14.1. The van der Waals surface area contributed by atoms with E-state index in [1.165, 1.54) is 6.07 Å². The van der Waals surface area contributed by atoms with Crippen molar-refractivity contribution in [3.8, 4) is 0 Å². The van der Waals surface area contributed by atoms with Crippen LogP contribution >= 0.6 is 15.9 Å². The van der Waals surface area contributed by atoms with Gasteiger partial charge in [0.2, 0.25) is 0 Å². The first-order valence-corrected chi connectivity index (χ1v) is 7.35. The molecule has 100 valence electrons. The van der Waals surface area contributed by atoms with E-state index in [2.05, 4.69) is 27.8 Å². The van der Waals surface area contributed by atoms with E-state index in [-0.39, 0.29) is 11.9 Å². The Morgan fingerprint density at radius 3 is 2.94 bits per heavy atom. The molecule has 2 rings (SSSR count). The van der Waals surface area contributed by atoms with E-state index in [9.17, 15) is 4.39 Å². The van der Waals surface area contributed by atoms with Crippen LogP contribution in [0.1, 0.15) is 31.4 Å². The minimum atomic E-state index is -0.121. The molecule has 0 spiro atoms. The van der Waals surface area contributed by atoms with Gasteiger partial charge >= 0.3 is 0 Å². The van der Waals surface area contributed by atoms with Gasteiger partial charge in [-0.25, -0.2) is 4.39 Å². The molecule has 2 atom stereocenters. The molecule has 2 nitrogen and oxygen atoms in total. The van der Waals surface area contributed by atoms with Gasteiger partial charge in [0.1, 0.15) is 5.82 Å². The molecule has 0 amide bonds. The first-order chi connectivity index (χ1) is 8.67. The highest BCUT2D eigenvalue weighted by Crippen LogP contribution is 2.38. The fourth-order valence-electron chi connectivity index (χ4n) is 2.90. The average Bonchev–Trinajstić information content (AvgIpc) is 2.75. The summed E-state index contributed by atoms with van der Waals surface area (Å²) in [5, 5.41) is 0. The Labute approximate surface area is 116 Å². The number of likely N-dealkylation sites (tertiary alicyclic amines) is 1. The lowest BCUT2D eigenvalue weighted by Crippen LogP contribution is -2.29. The van der Waals surface area contributed by atoms with Gasteiger partial charge in [0.25, 0.3) is 0 Å². The van der Waals surface area contributed by atoms with E-state index >= 15 is 0 Å². The van der Waals surface area contributed by atoms with Crippen LogP contribution in [0.2, 0.25) is 0 Å². The van der Waals surface area contributed by atoms with Crippen molar-refractivity contribution in [2.75, 3.05) is 19.6 Å². The van der Waals surface area contributed by atoms with Crippen LogP contribution in [0.4, 0.5) is 4.39 Å². The number of hydrogen-bond acceptors (Lipinski definition) is 2. The highest BCUT2D eigenvalue weighted by atomic mass is 79.9. The topological polar surface area (TPSA) is 29.3 Å². The van der Waals surface area contributed by atoms with Gasteiger partial charge in [-0.15, -0.1) is 0 Å². The smallest absolute Gasteiger partial charge is 0.128 e. The Kier molecular flexibility index (Phi) is 4.76. The van der Waals surface area contributed by atoms with Crippen molar-refractivity contribution in [2.24, 2.45) is 11.7 Å². The molecule has 0 bridgehead atoms. The fraction of sp³-hybridized carbons (Fsp3) is 0.571. The Balaban J connectivity index is 2.33. The zero-order valence-corrected chi connectivity index (χ0v) is 12.3. The van der Waals surface area contributed by atoms with Gasteiger partial charge in [0, 0.05) is 16.1 Å². The van der Waals surface area contributed by atoms with Crippen molar-refractivity contribution >= 4 is 15.9 Å². The van der Waals surface area contributed by atoms with Crippen molar-refractivity contribution in [1.29, 1.82) is 0 Å². The summed E-state index contributed by atoms with van der Waals surface area (Å²) in [5.41, 5.74) is 6.63. The number of halogens is 2. The fourth-order valence-corrected chi connectivity index (χ4v) is 3.28. The molecule has 1 fully saturated rings. The molecule has 1 aliphatic heterocycles. The number of benzene rings is 1. The third kappa shape index (κ3) is 2.76. The summed E-state index contributed by atoms with van der Waals surface area (Å²) < 4.78 is 15.0. The Morgan fingerprint density at radius 1 is 1.50 bits per heavy atom. The Morgan fingerprint density at radius 2 is 2.28 bits per heavy atom. The van der Waals surface area contributed by atoms with E-state index in [0.29, 0.717) is 12.5 Å². The van der Waals surface area contributed by atoms with Crippen molar-refractivity contribution in [3.05, 3.63) is 34.1 Å². The minimum Gasteiger partial charge on any atom is -0.330 e. The van der Waals surface area contributed by atoms with Gasteiger partial charge in [0.15, 0.2) is 0 Å². The lowest BCUT2D eigenvalue weighted by molar-refractivity contribution is 0.225. The zero-order chi connectivity index (χ0) is 13.1. The molecule has 2 N–H and O–H groups in total. The van der Waals surface area contributed by atoms with Gasteiger partial charge in [-0.1, -0.05) is 22.9 Å². The summed E-state index contributed by atoms with van der Waals surface area (Å²) >= 11 is 3.43. The summed E-state index contributed by atoms with van der Waals surface area (Å²) in [6.45, 7) is 4.81. The molecule has 0 aromatic heterocycles. The van der Waals surface area contributed by atoms with Crippen LogP contribution < -0.4 is 5.73 Å². The molecule has 1 aliphatic rings. The van der Waals surface area contributed by atoms with E-state index in [0.717, 1.165) is 36.0 Å². The second-order valence-corrected chi connectivity index (χ2v) is 5.85. The summed E-state index contributed by atoms with van der Waals surface area (Å²) in [5.74, 6) is 0.241. The number of hydrogen-bond donors (Lipinski definition) is 1. The van der Waals surface area contributed by atoms with Crippen LogP contribution in [0.15, 0.2) is 22.7 Å². The van der Waals surface area contributed by atoms with Crippen molar-refractivity contribution in [2.45, 2.75) is 25.8 Å². The van der Waals surface area contributed by atoms with Crippen molar-refractivity contribution in [1.82, 2.24) is 4.90 Å². The SMILES string of the molecule is CCCN1CCC(CN)C1c1cc(Br)ccc1F. The van der Waals surface area contributed by atoms with E-state index in [1.54, 1.807) is 6.07 Å². The second kappa shape index (κ2) is 6.13. The van der Waals surface area contributed by atoms with Gasteiger partial charge in [-0.2, -0.15) is 0 Å². The van der Waals surface area contributed by atoms with E-state index < -0.39 is 0 Å². The minimum absolute atomic E-state index is 0.121. The maximum Gasteiger partial charge on any atom is 0.128 e. The van der Waals surface area contributed by atoms with Gasteiger partial charge in [-0.05, 0) is 56.6 Å². The molecule has 0 aliphatic carbocycles. The molecule has 1 aromatic rings. The third-order valence-corrected chi connectivity index (χ3v) is 4.21. The molecule has 2 unspecified atom stereocenters. The monoisotopic (exact) mass is 314 g/mol. The van der Waals surface area contributed by atoms with Crippen LogP contribution in [0, 0.1) is 11.7 Å². The van der Waals surface area contributed by atoms with Crippen molar-refractivity contribution in [3.63, 3.8) is 0 Å². The third-order valence-electron chi connectivity index (χ3n) is 3.72. The van der Waals surface area contributed by atoms with Crippen LogP contribution in [-0.4, -0.2) is 24.5 Å². The predicted molar refractivity (Wildman–Crippen MR) is 75.9 cm³/mol. The van der Waals surface area contributed by atoms with Gasteiger partial charge in [0.05, 0.1) is 0 Å². The molecule has 1 heterocycles. The summed E-state index contributed by atoms with van der Waals surface area (Å²) in [7, 11) is 0. The van der Waals surface area contributed by atoms with Gasteiger partial charge in [-0.3, -0.25) is 4.90 Å². The highest BCUT2D eigenvalue weighted by Gasteiger charge is 2.35. The first-order valence-electron chi connectivity index (χ1n) is 6.56. The first kappa shape index (κ1) is 14.0. The summed E-state index contributed by atoms with van der Waals surface area (Å²) in [4.78, 5) is 2.36.